The van der Waals surface area contributed by atoms with E-state index in [0.717, 1.165) is 28.6 Å². The highest BCUT2D eigenvalue weighted by Crippen LogP contribution is 2.43. The Morgan fingerprint density at radius 1 is 1.48 bits per heavy atom. The molecule has 0 spiro atoms. The molecule has 1 aromatic carbocycles. The van der Waals surface area contributed by atoms with Crippen molar-refractivity contribution in [1.82, 2.24) is 9.55 Å². The fourth-order valence-corrected chi connectivity index (χ4v) is 3.66. The van der Waals surface area contributed by atoms with Gasteiger partial charge >= 0.3 is 0 Å². The minimum atomic E-state index is -0.535. The van der Waals surface area contributed by atoms with Crippen molar-refractivity contribution in [3.63, 3.8) is 0 Å². The maximum atomic E-state index is 14.4. The number of nitrogens with zero attached hydrogens (tertiary/aromatic N) is 2. The summed E-state index contributed by atoms with van der Waals surface area (Å²) in [5, 5.41) is 11.9. The molecule has 164 valence electrons. The zero-order valence-electron chi connectivity index (χ0n) is 17.2. The van der Waals surface area contributed by atoms with Crippen molar-refractivity contribution in [2.45, 2.75) is 23.8 Å². The van der Waals surface area contributed by atoms with Crippen molar-refractivity contribution in [2.75, 3.05) is 24.8 Å². The number of anilines is 2. The molecule has 0 bridgehead atoms. The first-order valence-electron chi connectivity index (χ1n) is 9.73. The van der Waals surface area contributed by atoms with E-state index >= 15 is 0 Å². The highest BCUT2D eigenvalue weighted by Gasteiger charge is 2.32. The maximum Gasteiger partial charge on any atom is 0.267 e. The van der Waals surface area contributed by atoms with E-state index in [0.29, 0.717) is 23.7 Å². The highest BCUT2D eigenvalue weighted by molar-refractivity contribution is 7.98. The molecule has 3 aromatic rings. The molecule has 2 heterocycles. The molecule has 1 aliphatic carbocycles. The minimum absolute atomic E-state index is 0.0615. The molecule has 0 aliphatic heterocycles. The molecule has 0 atom stereocenters. The quantitative estimate of drug-likeness (QED) is 0.273. The predicted octanol–water partition coefficient (Wildman–Crippen LogP) is 4.21. The number of pyridine rings is 1. The molecular weight excluding hydrogens is 419 g/mol. The predicted molar refractivity (Wildman–Crippen MR) is 121 cm³/mol. The molecule has 4 N–H and O–H groups in total. The van der Waals surface area contributed by atoms with E-state index < -0.39 is 5.91 Å². The highest BCUT2D eigenvalue weighted by atomic mass is 32.2. The van der Waals surface area contributed by atoms with E-state index in [1.807, 2.05) is 23.0 Å². The van der Waals surface area contributed by atoms with Gasteiger partial charge < -0.3 is 25.5 Å². The number of nitrogens with two attached hydrogens (primary N) is 1. The lowest BCUT2D eigenvalue weighted by Gasteiger charge is -2.11. The van der Waals surface area contributed by atoms with Gasteiger partial charge in [-0.25, -0.2) is 4.39 Å². The summed E-state index contributed by atoms with van der Waals surface area (Å²) >= 11 is 1.47. The molecule has 1 amide bonds. The van der Waals surface area contributed by atoms with E-state index in [9.17, 15) is 9.18 Å². The van der Waals surface area contributed by atoms with Crippen LogP contribution in [-0.4, -0.2) is 40.0 Å². The lowest BCUT2D eigenvalue weighted by atomic mass is 10.2. The number of fused-ring (bicyclic) bond motifs is 1. The second-order valence-corrected chi connectivity index (χ2v) is 7.69. The molecule has 2 aromatic heterocycles. The number of halogens is 1. The van der Waals surface area contributed by atoms with Crippen LogP contribution in [0.1, 0.15) is 29.4 Å². The summed E-state index contributed by atoms with van der Waals surface area (Å²) in [5.41, 5.74) is 7.74. The maximum absolute atomic E-state index is 14.4. The van der Waals surface area contributed by atoms with Gasteiger partial charge in [0.15, 0.2) is 0 Å². The van der Waals surface area contributed by atoms with Crippen LogP contribution in [0, 0.1) is 5.82 Å². The zero-order valence-corrected chi connectivity index (χ0v) is 18.0. The van der Waals surface area contributed by atoms with Crippen LogP contribution in [0.2, 0.25) is 0 Å². The Morgan fingerprint density at radius 3 is 2.81 bits per heavy atom. The average Bonchev–Trinajstić information content (AvgIpc) is 3.56. The molecule has 4 rings (SSSR count). The van der Waals surface area contributed by atoms with Crippen molar-refractivity contribution < 1.29 is 19.0 Å². The second-order valence-electron chi connectivity index (χ2n) is 6.81. The average molecular weight is 445 g/mol. The fraction of sp³-hybridized carbons (Fsp3) is 0.273. The Morgan fingerprint density at radius 2 is 2.26 bits per heavy atom. The van der Waals surface area contributed by atoms with Crippen LogP contribution < -0.4 is 11.1 Å². The number of benzene rings is 1. The molecule has 1 aliphatic rings. The van der Waals surface area contributed by atoms with Crippen molar-refractivity contribution in [3.8, 4) is 0 Å². The molecule has 1 saturated carbocycles. The number of aliphatic hydroxyl groups excluding tert-OH is 1. The Hall–Kier alpha value is -3.04. The van der Waals surface area contributed by atoms with Crippen LogP contribution in [-0.2, 0) is 4.74 Å². The van der Waals surface area contributed by atoms with E-state index in [4.69, 9.17) is 10.8 Å². The second kappa shape index (κ2) is 10.3. The molecule has 31 heavy (non-hydrogen) atoms. The Labute approximate surface area is 184 Å². The van der Waals surface area contributed by atoms with Gasteiger partial charge in [0, 0.05) is 28.7 Å². The number of hydrogen-bond donors (Lipinski definition) is 3. The first kappa shape index (κ1) is 22.6. The SMILES string of the molecule is C=COCCO.CSc1ccc(Nc2c(C(N)=O)n(C3CC3)c3ccncc23)c(F)c1. The summed E-state index contributed by atoms with van der Waals surface area (Å²) < 4.78 is 20.9. The summed E-state index contributed by atoms with van der Waals surface area (Å²) in [5.74, 6) is -0.912. The van der Waals surface area contributed by atoms with Gasteiger partial charge in [-0.05, 0) is 43.4 Å². The van der Waals surface area contributed by atoms with E-state index in [-0.39, 0.29) is 18.5 Å². The standard InChI is InChI=1S/C18H17FN4OS.C4H8O2/c1-25-11-4-5-14(13(19)8-11)22-16-12-9-21-7-6-15(12)23(10-2-3-10)17(16)18(20)24;1-2-6-4-3-5/h4-10,22H,2-3H2,1H3,(H2,20,24);2,5H,1,3-4H2. The van der Waals surface area contributed by atoms with Gasteiger partial charge in [-0.15, -0.1) is 11.8 Å². The van der Waals surface area contributed by atoms with Crippen LogP contribution in [0.4, 0.5) is 15.8 Å². The third-order valence-electron chi connectivity index (χ3n) is 4.71. The van der Waals surface area contributed by atoms with Gasteiger partial charge in [-0.1, -0.05) is 6.58 Å². The normalized spacial score (nSPS) is 12.7. The lowest BCUT2D eigenvalue weighted by Crippen LogP contribution is -2.18. The van der Waals surface area contributed by atoms with Crippen LogP contribution >= 0.6 is 11.8 Å². The van der Waals surface area contributed by atoms with Crippen molar-refractivity contribution in [1.29, 1.82) is 0 Å². The van der Waals surface area contributed by atoms with Gasteiger partial charge in [0.05, 0.1) is 29.8 Å². The number of carbonyl (C=O) groups excluding carboxylic acids is 1. The van der Waals surface area contributed by atoms with Crippen LogP contribution in [0.3, 0.4) is 0 Å². The van der Waals surface area contributed by atoms with Gasteiger partial charge in [-0.3, -0.25) is 9.78 Å². The smallest absolute Gasteiger partial charge is 0.267 e. The third-order valence-corrected chi connectivity index (χ3v) is 5.44. The number of aromatic nitrogens is 2. The molecule has 0 unspecified atom stereocenters. The van der Waals surface area contributed by atoms with Crippen molar-refractivity contribution in [2.24, 2.45) is 5.73 Å². The first-order chi connectivity index (χ1) is 15.0. The summed E-state index contributed by atoms with van der Waals surface area (Å²) in [6, 6.07) is 7.08. The Balaban J connectivity index is 0.000000401. The number of nitrogens with one attached hydrogen (secondary N) is 1. The largest absolute Gasteiger partial charge is 0.499 e. The van der Waals surface area contributed by atoms with Crippen LogP contribution in [0.25, 0.3) is 10.9 Å². The van der Waals surface area contributed by atoms with Crippen molar-refractivity contribution in [3.05, 3.63) is 61.0 Å². The third kappa shape index (κ3) is 5.18. The van der Waals surface area contributed by atoms with E-state index in [2.05, 4.69) is 21.6 Å². The summed E-state index contributed by atoms with van der Waals surface area (Å²) in [6.07, 6.45) is 8.56. The number of thioether (sulfide) groups is 1. The number of amides is 1. The number of rotatable bonds is 8. The minimum Gasteiger partial charge on any atom is -0.499 e. The van der Waals surface area contributed by atoms with Crippen LogP contribution in [0.15, 0.2) is 54.4 Å². The zero-order chi connectivity index (χ0) is 22.4. The summed E-state index contributed by atoms with van der Waals surface area (Å²) in [4.78, 5) is 17.2. The van der Waals surface area contributed by atoms with E-state index in [1.54, 1.807) is 18.5 Å². The summed E-state index contributed by atoms with van der Waals surface area (Å²) in [7, 11) is 0. The molecule has 9 heteroatoms. The van der Waals surface area contributed by atoms with Gasteiger partial charge in [-0.2, -0.15) is 0 Å². The monoisotopic (exact) mass is 444 g/mol. The molecule has 1 fully saturated rings. The number of hydrogen-bond acceptors (Lipinski definition) is 6. The Kier molecular flexibility index (Phi) is 7.54. The van der Waals surface area contributed by atoms with Gasteiger partial charge in [0.25, 0.3) is 5.91 Å². The number of ether oxygens (including phenoxy) is 1. The van der Waals surface area contributed by atoms with Crippen molar-refractivity contribution >= 4 is 39.9 Å². The molecular formula is C22H25FN4O3S. The first-order valence-corrected chi connectivity index (χ1v) is 11.0. The van der Waals surface area contributed by atoms with Crippen LogP contribution in [0.5, 0.6) is 0 Å². The van der Waals surface area contributed by atoms with E-state index in [1.165, 1.54) is 24.1 Å². The van der Waals surface area contributed by atoms with Gasteiger partial charge in [0.1, 0.15) is 18.1 Å². The lowest BCUT2D eigenvalue weighted by molar-refractivity contribution is 0.0992. The number of aliphatic hydroxyl groups is 1. The molecule has 0 saturated heterocycles. The summed E-state index contributed by atoms with van der Waals surface area (Å²) in [6.45, 7) is 3.68. The number of primary amides is 1. The number of carbonyl (C=O) groups is 1. The fourth-order valence-electron chi connectivity index (χ4n) is 3.23. The van der Waals surface area contributed by atoms with Gasteiger partial charge in [0.2, 0.25) is 0 Å². The topological polar surface area (TPSA) is 102 Å². The Bertz CT molecular complexity index is 1080. The molecule has 7 nitrogen and oxygen atoms in total. The molecule has 0 radical (unpaired) electrons.